The summed E-state index contributed by atoms with van der Waals surface area (Å²) in [5.74, 6) is -1.45. The molecule has 0 spiro atoms. The van der Waals surface area contributed by atoms with E-state index in [0.29, 0.717) is 15.7 Å². The van der Waals surface area contributed by atoms with Gasteiger partial charge in [-0.2, -0.15) is 18.3 Å². The number of alkyl halides is 3. The number of nitrogens with zero attached hydrogens (tertiary/aromatic N) is 2. The summed E-state index contributed by atoms with van der Waals surface area (Å²) in [5, 5.41) is 4.56. The zero-order chi connectivity index (χ0) is 27.4. The molecule has 11 heteroatoms. The summed E-state index contributed by atoms with van der Waals surface area (Å²) < 4.78 is 57.1. The highest BCUT2D eigenvalue weighted by Crippen LogP contribution is 2.37. The van der Waals surface area contributed by atoms with Crippen LogP contribution in [-0.4, -0.2) is 35.9 Å². The first-order valence-electron chi connectivity index (χ1n) is 11.1. The number of halogens is 4. The van der Waals surface area contributed by atoms with Gasteiger partial charge in [-0.25, -0.2) is 14.3 Å². The molecule has 0 bridgehead atoms. The first-order chi connectivity index (χ1) is 18.1. The van der Waals surface area contributed by atoms with Crippen molar-refractivity contribution in [2.75, 3.05) is 14.2 Å². The van der Waals surface area contributed by atoms with Gasteiger partial charge in [0.15, 0.2) is 5.69 Å². The lowest BCUT2D eigenvalue weighted by molar-refractivity contribution is -0.137. The van der Waals surface area contributed by atoms with Crippen LogP contribution < -0.4 is 4.74 Å². The number of carbonyl (C=O) groups excluding carboxylic acids is 2. The molecule has 3 aromatic carbocycles. The molecule has 38 heavy (non-hydrogen) atoms. The second-order valence-corrected chi connectivity index (χ2v) is 8.85. The van der Waals surface area contributed by atoms with Crippen LogP contribution in [-0.2, 0) is 22.3 Å². The summed E-state index contributed by atoms with van der Waals surface area (Å²) in [4.78, 5) is 25.8. The standard InChI is InChI=1S/C27H20BrF3N2O5/c1-36-25(34)22-23(32-33(24(22)26(35)37-2)19-9-4-3-5-10-19)20-14-18(28)11-12-21(20)38-15-16-7-6-8-17(13-16)27(29,30)31/h3-14H,15H2,1-2H3. The summed E-state index contributed by atoms with van der Waals surface area (Å²) in [7, 11) is 2.34. The minimum Gasteiger partial charge on any atom is -0.488 e. The molecular weight excluding hydrogens is 569 g/mol. The molecule has 4 aromatic rings. The molecule has 196 valence electrons. The molecule has 4 rings (SSSR count). The molecule has 1 heterocycles. The van der Waals surface area contributed by atoms with Crippen LogP contribution in [0, 0.1) is 0 Å². The van der Waals surface area contributed by atoms with E-state index in [1.54, 1.807) is 48.5 Å². The van der Waals surface area contributed by atoms with Crippen molar-refractivity contribution in [3.05, 3.63) is 99.7 Å². The number of hydrogen-bond donors (Lipinski definition) is 0. The van der Waals surface area contributed by atoms with Gasteiger partial charge in [-0.3, -0.25) is 0 Å². The average Bonchev–Trinajstić information content (AvgIpc) is 3.32. The van der Waals surface area contributed by atoms with Crippen LogP contribution in [0.3, 0.4) is 0 Å². The van der Waals surface area contributed by atoms with Gasteiger partial charge >= 0.3 is 18.1 Å². The van der Waals surface area contributed by atoms with E-state index in [2.05, 4.69) is 21.0 Å². The molecule has 0 saturated heterocycles. The van der Waals surface area contributed by atoms with Crippen molar-refractivity contribution in [3.63, 3.8) is 0 Å². The maximum Gasteiger partial charge on any atom is 0.416 e. The number of carbonyl (C=O) groups is 2. The first kappa shape index (κ1) is 26.9. The number of ether oxygens (including phenoxy) is 3. The van der Waals surface area contributed by atoms with Crippen LogP contribution in [0.25, 0.3) is 16.9 Å². The van der Waals surface area contributed by atoms with Crippen molar-refractivity contribution in [2.45, 2.75) is 12.8 Å². The SMILES string of the molecule is COC(=O)c1c(-c2cc(Br)ccc2OCc2cccc(C(F)(F)F)c2)nn(-c2ccccc2)c1C(=O)OC. The Kier molecular flexibility index (Phi) is 7.86. The molecule has 0 N–H and O–H groups in total. The Bertz CT molecular complexity index is 1490. The number of rotatable bonds is 7. The highest BCUT2D eigenvalue weighted by atomic mass is 79.9. The van der Waals surface area contributed by atoms with E-state index in [1.165, 1.54) is 31.0 Å². The predicted octanol–water partition coefficient (Wildman–Crippen LogP) is 6.47. The summed E-state index contributed by atoms with van der Waals surface area (Å²) in [6.45, 7) is -0.199. The van der Waals surface area contributed by atoms with E-state index >= 15 is 0 Å². The van der Waals surface area contributed by atoms with Crippen molar-refractivity contribution in [1.29, 1.82) is 0 Å². The second kappa shape index (κ2) is 11.1. The molecule has 0 aliphatic heterocycles. The molecule has 0 fully saturated rings. The van der Waals surface area contributed by atoms with Gasteiger partial charge in [0.2, 0.25) is 0 Å². The highest BCUT2D eigenvalue weighted by molar-refractivity contribution is 9.10. The van der Waals surface area contributed by atoms with E-state index in [4.69, 9.17) is 14.2 Å². The lowest BCUT2D eigenvalue weighted by Gasteiger charge is -2.13. The van der Waals surface area contributed by atoms with Gasteiger partial charge in [-0.15, -0.1) is 0 Å². The Hall–Kier alpha value is -4.12. The normalized spacial score (nSPS) is 11.2. The Morgan fingerprint density at radius 3 is 2.29 bits per heavy atom. The van der Waals surface area contributed by atoms with E-state index in [-0.39, 0.29) is 34.9 Å². The zero-order valence-electron chi connectivity index (χ0n) is 20.1. The Labute approximate surface area is 223 Å². The smallest absolute Gasteiger partial charge is 0.416 e. The number of aromatic nitrogens is 2. The summed E-state index contributed by atoms with van der Waals surface area (Å²) in [6.07, 6.45) is -4.50. The van der Waals surface area contributed by atoms with Crippen LogP contribution in [0.15, 0.2) is 77.3 Å². The number of benzene rings is 3. The Morgan fingerprint density at radius 1 is 0.921 bits per heavy atom. The van der Waals surface area contributed by atoms with Gasteiger partial charge in [0.05, 0.1) is 25.5 Å². The van der Waals surface area contributed by atoms with Crippen LogP contribution in [0.1, 0.15) is 32.0 Å². The van der Waals surface area contributed by atoms with Crippen LogP contribution in [0.5, 0.6) is 5.75 Å². The van der Waals surface area contributed by atoms with E-state index in [9.17, 15) is 22.8 Å². The van der Waals surface area contributed by atoms with Crippen LogP contribution in [0.2, 0.25) is 0 Å². The first-order valence-corrected chi connectivity index (χ1v) is 11.9. The molecule has 7 nitrogen and oxygen atoms in total. The zero-order valence-corrected chi connectivity index (χ0v) is 21.7. The van der Waals surface area contributed by atoms with Gasteiger partial charge < -0.3 is 14.2 Å². The van der Waals surface area contributed by atoms with Crippen molar-refractivity contribution in [2.24, 2.45) is 0 Å². The maximum atomic E-state index is 13.2. The summed E-state index contributed by atoms with van der Waals surface area (Å²) in [6, 6.07) is 18.3. The number of para-hydroxylation sites is 1. The van der Waals surface area contributed by atoms with Crippen molar-refractivity contribution >= 4 is 27.9 Å². The Balaban J connectivity index is 1.86. The minimum absolute atomic E-state index is 0.0569. The van der Waals surface area contributed by atoms with Gasteiger partial charge in [0.1, 0.15) is 23.6 Å². The fraction of sp³-hybridized carbons (Fsp3) is 0.148. The summed E-state index contributed by atoms with van der Waals surface area (Å²) in [5.41, 5.74) is -0.00720. The highest BCUT2D eigenvalue weighted by Gasteiger charge is 2.33. The van der Waals surface area contributed by atoms with Gasteiger partial charge in [0.25, 0.3) is 0 Å². The molecule has 1 aromatic heterocycles. The molecule has 0 radical (unpaired) electrons. The van der Waals surface area contributed by atoms with E-state index < -0.39 is 23.7 Å². The quantitative estimate of drug-likeness (QED) is 0.230. The molecule has 0 amide bonds. The second-order valence-electron chi connectivity index (χ2n) is 7.93. The fourth-order valence-corrected chi connectivity index (χ4v) is 4.12. The third-order valence-electron chi connectivity index (χ3n) is 5.50. The minimum atomic E-state index is -4.50. The number of hydrogen-bond acceptors (Lipinski definition) is 6. The van der Waals surface area contributed by atoms with E-state index in [1.807, 2.05) is 0 Å². The molecule has 0 aliphatic carbocycles. The largest absolute Gasteiger partial charge is 0.488 e. The van der Waals surface area contributed by atoms with E-state index in [0.717, 1.165) is 12.1 Å². The molecule has 0 unspecified atom stereocenters. The van der Waals surface area contributed by atoms with Crippen LogP contribution in [0.4, 0.5) is 13.2 Å². The maximum absolute atomic E-state index is 13.2. The van der Waals surface area contributed by atoms with Crippen molar-refractivity contribution in [3.8, 4) is 22.7 Å². The fourth-order valence-electron chi connectivity index (χ4n) is 3.75. The molecular formula is C27H20BrF3N2O5. The third-order valence-corrected chi connectivity index (χ3v) is 5.99. The number of esters is 2. The average molecular weight is 589 g/mol. The van der Waals surface area contributed by atoms with Gasteiger partial charge in [-0.1, -0.05) is 46.3 Å². The molecule has 0 atom stereocenters. The topological polar surface area (TPSA) is 79.7 Å². The van der Waals surface area contributed by atoms with Gasteiger partial charge in [-0.05, 0) is 48.0 Å². The van der Waals surface area contributed by atoms with Crippen molar-refractivity contribution < 1.29 is 37.0 Å². The Morgan fingerprint density at radius 2 is 1.63 bits per heavy atom. The molecule has 0 saturated carbocycles. The molecule has 0 aliphatic rings. The lowest BCUT2D eigenvalue weighted by Crippen LogP contribution is -2.15. The monoisotopic (exact) mass is 588 g/mol. The van der Waals surface area contributed by atoms with Crippen molar-refractivity contribution in [1.82, 2.24) is 9.78 Å². The number of methoxy groups -OCH3 is 2. The summed E-state index contributed by atoms with van der Waals surface area (Å²) >= 11 is 3.39. The van der Waals surface area contributed by atoms with Gasteiger partial charge in [0, 0.05) is 10.0 Å². The third kappa shape index (κ3) is 5.57. The predicted molar refractivity (Wildman–Crippen MR) is 135 cm³/mol. The van der Waals surface area contributed by atoms with Crippen LogP contribution >= 0.6 is 15.9 Å². The lowest BCUT2D eigenvalue weighted by atomic mass is 10.0.